The molecule has 0 aliphatic heterocycles. The maximum Gasteiger partial charge on any atom is 0.222 e. The fourth-order valence-corrected chi connectivity index (χ4v) is 1.72. The highest BCUT2D eigenvalue weighted by Crippen LogP contribution is 2.22. The first-order chi connectivity index (χ1) is 6.11. The van der Waals surface area contributed by atoms with Crippen molar-refractivity contribution in [3.63, 3.8) is 0 Å². The van der Waals surface area contributed by atoms with Crippen molar-refractivity contribution in [3.05, 3.63) is 35.4 Å². The van der Waals surface area contributed by atoms with Crippen molar-refractivity contribution in [2.24, 2.45) is 0 Å². The zero-order chi connectivity index (χ0) is 9.84. The van der Waals surface area contributed by atoms with Gasteiger partial charge in [-0.15, -0.1) is 0 Å². The van der Waals surface area contributed by atoms with Crippen molar-refractivity contribution in [2.75, 3.05) is 0 Å². The van der Waals surface area contributed by atoms with E-state index in [2.05, 4.69) is 0 Å². The molecule has 0 spiro atoms. The number of hydrogen-bond acceptors (Lipinski definition) is 1. The normalized spacial score (nSPS) is 12.5. The number of benzene rings is 1. The SMILES string of the molecule is Cc1ccccc1C(C)CC(=O)Cl. The topological polar surface area (TPSA) is 17.1 Å². The van der Waals surface area contributed by atoms with Gasteiger partial charge >= 0.3 is 0 Å². The highest BCUT2D eigenvalue weighted by Gasteiger charge is 2.10. The number of carbonyl (C=O) groups is 1. The molecule has 0 aliphatic carbocycles. The Morgan fingerprint density at radius 2 is 2.08 bits per heavy atom. The van der Waals surface area contributed by atoms with Crippen molar-refractivity contribution >= 4 is 16.8 Å². The summed E-state index contributed by atoms with van der Waals surface area (Å²) in [6.07, 6.45) is 0.409. The predicted molar refractivity (Wildman–Crippen MR) is 55.1 cm³/mol. The van der Waals surface area contributed by atoms with E-state index >= 15 is 0 Å². The van der Waals surface area contributed by atoms with Gasteiger partial charge in [0.25, 0.3) is 0 Å². The number of halogens is 1. The quantitative estimate of drug-likeness (QED) is 0.679. The summed E-state index contributed by atoms with van der Waals surface area (Å²) >= 11 is 5.34. The van der Waals surface area contributed by atoms with E-state index in [0.29, 0.717) is 6.42 Å². The van der Waals surface area contributed by atoms with Crippen LogP contribution >= 0.6 is 11.6 Å². The second-order valence-electron chi connectivity index (χ2n) is 3.32. The van der Waals surface area contributed by atoms with Crippen LogP contribution in [0.2, 0.25) is 0 Å². The van der Waals surface area contributed by atoms with E-state index < -0.39 is 0 Å². The Kier molecular flexibility index (Phi) is 3.49. The van der Waals surface area contributed by atoms with E-state index in [1.54, 1.807) is 0 Å². The van der Waals surface area contributed by atoms with Gasteiger partial charge in [-0.05, 0) is 35.6 Å². The third-order valence-corrected chi connectivity index (χ3v) is 2.34. The van der Waals surface area contributed by atoms with Crippen LogP contribution in [0, 0.1) is 6.92 Å². The Morgan fingerprint density at radius 3 is 2.62 bits per heavy atom. The van der Waals surface area contributed by atoms with Gasteiger partial charge in [-0.25, -0.2) is 0 Å². The van der Waals surface area contributed by atoms with E-state index in [1.165, 1.54) is 11.1 Å². The molecule has 1 nitrogen and oxygen atoms in total. The van der Waals surface area contributed by atoms with Gasteiger partial charge in [0.1, 0.15) is 0 Å². The summed E-state index contributed by atoms with van der Waals surface area (Å²) in [5, 5.41) is -0.268. The lowest BCUT2D eigenvalue weighted by atomic mass is 9.94. The second-order valence-corrected chi connectivity index (χ2v) is 3.74. The molecule has 0 bridgehead atoms. The van der Waals surface area contributed by atoms with Crippen LogP contribution in [0.4, 0.5) is 0 Å². The van der Waals surface area contributed by atoms with Crippen LogP contribution < -0.4 is 0 Å². The van der Waals surface area contributed by atoms with Crippen LogP contribution in [-0.2, 0) is 4.79 Å². The van der Waals surface area contributed by atoms with E-state index in [4.69, 9.17) is 11.6 Å². The van der Waals surface area contributed by atoms with Crippen molar-refractivity contribution < 1.29 is 4.79 Å². The van der Waals surface area contributed by atoms with Crippen LogP contribution in [0.3, 0.4) is 0 Å². The molecule has 0 aromatic heterocycles. The highest BCUT2D eigenvalue weighted by molar-refractivity contribution is 6.63. The molecule has 13 heavy (non-hydrogen) atoms. The third-order valence-electron chi connectivity index (χ3n) is 2.19. The van der Waals surface area contributed by atoms with Crippen molar-refractivity contribution in [2.45, 2.75) is 26.2 Å². The lowest BCUT2D eigenvalue weighted by Gasteiger charge is -2.11. The minimum atomic E-state index is -0.268. The van der Waals surface area contributed by atoms with E-state index in [1.807, 2.05) is 38.1 Å². The molecular formula is C11H13ClO. The van der Waals surface area contributed by atoms with Crippen LogP contribution in [0.5, 0.6) is 0 Å². The average molecular weight is 197 g/mol. The Morgan fingerprint density at radius 1 is 1.46 bits per heavy atom. The van der Waals surface area contributed by atoms with E-state index in [0.717, 1.165) is 0 Å². The number of hydrogen-bond donors (Lipinski definition) is 0. The van der Waals surface area contributed by atoms with Gasteiger partial charge in [0, 0.05) is 6.42 Å². The Hall–Kier alpha value is -0.820. The molecule has 1 aromatic carbocycles. The van der Waals surface area contributed by atoms with Crippen molar-refractivity contribution in [1.29, 1.82) is 0 Å². The minimum absolute atomic E-state index is 0.214. The number of rotatable bonds is 3. The van der Waals surface area contributed by atoms with Crippen LogP contribution in [0.25, 0.3) is 0 Å². The van der Waals surface area contributed by atoms with Crippen LogP contribution in [-0.4, -0.2) is 5.24 Å². The zero-order valence-corrected chi connectivity index (χ0v) is 8.64. The summed E-state index contributed by atoms with van der Waals surface area (Å²) in [6.45, 7) is 4.06. The third kappa shape index (κ3) is 2.85. The average Bonchev–Trinajstić information content (AvgIpc) is 2.03. The summed E-state index contributed by atoms with van der Waals surface area (Å²) < 4.78 is 0. The van der Waals surface area contributed by atoms with Crippen molar-refractivity contribution in [1.82, 2.24) is 0 Å². The fourth-order valence-electron chi connectivity index (χ4n) is 1.49. The number of carbonyl (C=O) groups excluding carboxylic acids is 1. The van der Waals surface area contributed by atoms with Gasteiger partial charge in [-0.3, -0.25) is 4.79 Å². The van der Waals surface area contributed by atoms with Gasteiger partial charge in [-0.2, -0.15) is 0 Å². The molecule has 0 saturated heterocycles. The van der Waals surface area contributed by atoms with E-state index in [-0.39, 0.29) is 11.2 Å². The number of aryl methyl sites for hydroxylation is 1. The molecule has 0 aliphatic rings. The summed E-state index contributed by atoms with van der Waals surface area (Å²) in [7, 11) is 0. The molecule has 70 valence electrons. The Bertz CT molecular complexity index is 307. The minimum Gasteiger partial charge on any atom is -0.281 e. The fraction of sp³-hybridized carbons (Fsp3) is 0.364. The molecular weight excluding hydrogens is 184 g/mol. The lowest BCUT2D eigenvalue weighted by Crippen LogP contribution is -2.00. The molecule has 0 radical (unpaired) electrons. The van der Waals surface area contributed by atoms with Crippen molar-refractivity contribution in [3.8, 4) is 0 Å². The second kappa shape index (κ2) is 4.43. The van der Waals surface area contributed by atoms with E-state index in [9.17, 15) is 4.79 Å². The van der Waals surface area contributed by atoms with Gasteiger partial charge in [0.2, 0.25) is 5.24 Å². The smallest absolute Gasteiger partial charge is 0.222 e. The van der Waals surface area contributed by atoms with Gasteiger partial charge in [-0.1, -0.05) is 31.2 Å². The zero-order valence-electron chi connectivity index (χ0n) is 7.88. The monoisotopic (exact) mass is 196 g/mol. The molecule has 0 fully saturated rings. The molecule has 0 amide bonds. The molecule has 1 aromatic rings. The predicted octanol–water partition coefficient (Wildman–Crippen LogP) is 3.25. The Balaban J connectivity index is 2.82. The first-order valence-electron chi connectivity index (χ1n) is 4.35. The maximum atomic E-state index is 10.7. The first kappa shape index (κ1) is 10.3. The standard InChI is InChI=1S/C11H13ClO/c1-8-5-3-4-6-10(8)9(2)7-11(12)13/h3-6,9H,7H2,1-2H3. The van der Waals surface area contributed by atoms with Gasteiger partial charge in [0.15, 0.2) is 0 Å². The molecule has 0 N–H and O–H groups in total. The first-order valence-corrected chi connectivity index (χ1v) is 4.73. The molecule has 1 atom stereocenters. The van der Waals surface area contributed by atoms with Crippen LogP contribution in [0.15, 0.2) is 24.3 Å². The molecule has 2 heteroatoms. The van der Waals surface area contributed by atoms with Gasteiger partial charge in [0.05, 0.1) is 0 Å². The summed E-state index contributed by atoms with van der Waals surface area (Å²) in [5.41, 5.74) is 2.42. The summed E-state index contributed by atoms with van der Waals surface area (Å²) in [4.78, 5) is 10.7. The van der Waals surface area contributed by atoms with Crippen LogP contribution in [0.1, 0.15) is 30.4 Å². The molecule has 1 unspecified atom stereocenters. The summed E-state index contributed by atoms with van der Waals surface area (Å²) in [6, 6.07) is 8.07. The maximum absolute atomic E-state index is 10.7. The molecule has 0 saturated carbocycles. The molecule has 0 heterocycles. The summed E-state index contributed by atoms with van der Waals surface area (Å²) in [5.74, 6) is 0.214. The molecule has 1 rings (SSSR count). The Labute approximate surface area is 83.7 Å². The largest absolute Gasteiger partial charge is 0.281 e. The highest BCUT2D eigenvalue weighted by atomic mass is 35.5. The van der Waals surface area contributed by atoms with Gasteiger partial charge < -0.3 is 0 Å². The lowest BCUT2D eigenvalue weighted by molar-refractivity contribution is -0.111.